The number of hydrogen-bond donors (Lipinski definition) is 0. The molecule has 0 amide bonds. The van der Waals surface area contributed by atoms with Gasteiger partial charge in [0.1, 0.15) is 5.92 Å². The summed E-state index contributed by atoms with van der Waals surface area (Å²) < 4.78 is 5.50. The Morgan fingerprint density at radius 3 is 2.69 bits per heavy atom. The molecule has 86 valence electrons. The third kappa shape index (κ3) is 3.46. The van der Waals surface area contributed by atoms with Crippen LogP contribution >= 0.6 is 15.9 Å². The minimum Gasteiger partial charge on any atom is -0.475 e. The van der Waals surface area contributed by atoms with E-state index in [1.54, 1.807) is 6.07 Å². The molecule has 0 N–H and O–H groups in total. The van der Waals surface area contributed by atoms with E-state index < -0.39 is 0 Å². The van der Waals surface area contributed by atoms with Gasteiger partial charge in [0.25, 0.3) is 0 Å². The fourth-order valence-electron chi connectivity index (χ4n) is 1.18. The van der Waals surface area contributed by atoms with Crippen molar-refractivity contribution in [3.63, 3.8) is 0 Å². The molecule has 1 heterocycles. The second-order valence-corrected chi connectivity index (χ2v) is 4.36. The summed E-state index contributed by atoms with van der Waals surface area (Å²) in [5.74, 6) is 0.697. The SMILES string of the molecule is Cc1cc(OC(C)C)nc(C(C#N)CBr)n1. The Kier molecular flexibility index (Phi) is 4.69. The second-order valence-electron chi connectivity index (χ2n) is 3.71. The van der Waals surface area contributed by atoms with E-state index in [1.807, 2.05) is 20.8 Å². The molecule has 5 heteroatoms. The molecule has 0 spiro atoms. The molecule has 1 aromatic heterocycles. The number of nitrogens with zero attached hydrogens (tertiary/aromatic N) is 3. The summed E-state index contributed by atoms with van der Waals surface area (Å²) in [6.45, 7) is 5.73. The van der Waals surface area contributed by atoms with Crippen LogP contribution in [0.25, 0.3) is 0 Å². The highest BCUT2D eigenvalue weighted by molar-refractivity contribution is 9.09. The van der Waals surface area contributed by atoms with Gasteiger partial charge in [0.2, 0.25) is 5.88 Å². The zero-order chi connectivity index (χ0) is 12.1. The number of rotatable bonds is 4. The van der Waals surface area contributed by atoms with Crippen molar-refractivity contribution in [2.75, 3.05) is 5.33 Å². The molecule has 1 aromatic rings. The summed E-state index contributed by atoms with van der Waals surface area (Å²) in [6, 6.07) is 3.92. The summed E-state index contributed by atoms with van der Waals surface area (Å²) in [4.78, 5) is 8.47. The molecule has 0 aromatic carbocycles. The first-order chi connectivity index (χ1) is 7.56. The van der Waals surface area contributed by atoms with E-state index in [9.17, 15) is 0 Å². The smallest absolute Gasteiger partial charge is 0.217 e. The maximum absolute atomic E-state index is 8.94. The Morgan fingerprint density at radius 2 is 2.19 bits per heavy atom. The lowest BCUT2D eigenvalue weighted by molar-refractivity contribution is 0.231. The van der Waals surface area contributed by atoms with Gasteiger partial charge >= 0.3 is 0 Å². The Morgan fingerprint density at radius 1 is 1.50 bits per heavy atom. The number of alkyl halides is 1. The molecule has 0 aliphatic carbocycles. The van der Waals surface area contributed by atoms with E-state index in [0.717, 1.165) is 5.69 Å². The Balaban J connectivity index is 3.03. The Bertz CT molecular complexity index is 401. The van der Waals surface area contributed by atoms with Crippen molar-refractivity contribution in [3.05, 3.63) is 17.6 Å². The summed E-state index contributed by atoms with van der Waals surface area (Å²) >= 11 is 3.27. The van der Waals surface area contributed by atoms with E-state index >= 15 is 0 Å². The van der Waals surface area contributed by atoms with Gasteiger partial charge in [0.05, 0.1) is 12.2 Å². The molecule has 1 atom stereocenters. The van der Waals surface area contributed by atoms with Crippen molar-refractivity contribution < 1.29 is 4.74 Å². The lowest BCUT2D eigenvalue weighted by atomic mass is 10.2. The van der Waals surface area contributed by atoms with Crippen LogP contribution in [0.2, 0.25) is 0 Å². The van der Waals surface area contributed by atoms with Crippen LogP contribution in [0.3, 0.4) is 0 Å². The van der Waals surface area contributed by atoms with Crippen molar-refractivity contribution >= 4 is 15.9 Å². The number of halogens is 1. The Labute approximate surface area is 104 Å². The zero-order valence-corrected chi connectivity index (χ0v) is 11.2. The van der Waals surface area contributed by atoms with Gasteiger partial charge in [-0.05, 0) is 20.8 Å². The van der Waals surface area contributed by atoms with Crippen molar-refractivity contribution in [3.8, 4) is 11.9 Å². The van der Waals surface area contributed by atoms with Crippen LogP contribution in [0.1, 0.15) is 31.3 Å². The fourth-order valence-corrected chi connectivity index (χ4v) is 1.62. The predicted octanol–water partition coefficient (Wildman–Crippen LogP) is 2.57. The highest BCUT2D eigenvalue weighted by Crippen LogP contribution is 2.18. The van der Waals surface area contributed by atoms with Crippen LogP contribution in [0, 0.1) is 18.3 Å². The molecular formula is C11H14BrN3O. The van der Waals surface area contributed by atoms with Crippen LogP contribution in [-0.4, -0.2) is 21.4 Å². The average Bonchev–Trinajstić information content (AvgIpc) is 2.17. The number of hydrogen-bond acceptors (Lipinski definition) is 4. The fraction of sp³-hybridized carbons (Fsp3) is 0.545. The summed E-state index contributed by atoms with van der Waals surface area (Å²) in [5, 5.41) is 9.46. The van der Waals surface area contributed by atoms with Crippen molar-refractivity contribution in [1.82, 2.24) is 9.97 Å². The zero-order valence-electron chi connectivity index (χ0n) is 9.57. The van der Waals surface area contributed by atoms with Crippen LogP contribution in [-0.2, 0) is 0 Å². The maximum Gasteiger partial charge on any atom is 0.217 e. The van der Waals surface area contributed by atoms with Crippen LogP contribution in [0.4, 0.5) is 0 Å². The van der Waals surface area contributed by atoms with Gasteiger partial charge in [-0.2, -0.15) is 10.2 Å². The molecule has 1 rings (SSSR count). The quantitative estimate of drug-likeness (QED) is 0.797. The maximum atomic E-state index is 8.94. The normalized spacial score (nSPS) is 12.2. The molecule has 1 unspecified atom stereocenters. The number of aryl methyl sites for hydroxylation is 1. The first-order valence-corrected chi connectivity index (χ1v) is 6.16. The van der Waals surface area contributed by atoms with Crippen molar-refractivity contribution in [2.24, 2.45) is 0 Å². The van der Waals surface area contributed by atoms with Gasteiger partial charge in [-0.1, -0.05) is 15.9 Å². The van der Waals surface area contributed by atoms with Crippen LogP contribution in [0.15, 0.2) is 6.07 Å². The number of aromatic nitrogens is 2. The first-order valence-electron chi connectivity index (χ1n) is 5.04. The third-order valence-electron chi connectivity index (χ3n) is 1.83. The van der Waals surface area contributed by atoms with Gasteiger partial charge in [-0.3, -0.25) is 0 Å². The minimum absolute atomic E-state index is 0.0617. The largest absolute Gasteiger partial charge is 0.475 e. The first kappa shape index (κ1) is 12.9. The third-order valence-corrected chi connectivity index (χ3v) is 2.47. The highest BCUT2D eigenvalue weighted by atomic mass is 79.9. The lowest BCUT2D eigenvalue weighted by Gasteiger charge is -2.11. The topological polar surface area (TPSA) is 58.8 Å². The molecule has 0 fully saturated rings. The number of nitriles is 1. The Hall–Kier alpha value is -1.15. The van der Waals surface area contributed by atoms with Gasteiger partial charge < -0.3 is 4.74 Å². The molecule has 4 nitrogen and oxygen atoms in total. The molecule has 0 aliphatic heterocycles. The number of ether oxygens (including phenoxy) is 1. The van der Waals surface area contributed by atoms with E-state index in [4.69, 9.17) is 10.00 Å². The van der Waals surface area contributed by atoms with E-state index in [-0.39, 0.29) is 12.0 Å². The standard InChI is InChI=1S/C11H14BrN3O/c1-7(2)16-10-4-8(3)14-11(15-10)9(5-12)6-13/h4,7,9H,5H2,1-3H3. The summed E-state index contributed by atoms with van der Waals surface area (Å²) in [5.41, 5.74) is 0.807. The van der Waals surface area contributed by atoms with Gasteiger partial charge in [-0.15, -0.1) is 0 Å². The molecular weight excluding hydrogens is 270 g/mol. The van der Waals surface area contributed by atoms with Gasteiger partial charge in [0, 0.05) is 17.1 Å². The molecule has 0 bridgehead atoms. The molecule has 0 saturated carbocycles. The van der Waals surface area contributed by atoms with Crippen LogP contribution < -0.4 is 4.74 Å². The van der Waals surface area contributed by atoms with Crippen molar-refractivity contribution in [2.45, 2.75) is 32.8 Å². The molecule has 0 aliphatic rings. The summed E-state index contributed by atoms with van der Waals surface area (Å²) in [6.07, 6.45) is 0.0617. The van der Waals surface area contributed by atoms with Gasteiger partial charge in [0.15, 0.2) is 5.82 Å². The molecule has 0 radical (unpaired) electrons. The second kappa shape index (κ2) is 5.80. The van der Waals surface area contributed by atoms with E-state index in [0.29, 0.717) is 17.0 Å². The molecule has 0 saturated heterocycles. The van der Waals surface area contributed by atoms with Crippen molar-refractivity contribution in [1.29, 1.82) is 5.26 Å². The van der Waals surface area contributed by atoms with E-state index in [1.165, 1.54) is 0 Å². The predicted molar refractivity (Wildman–Crippen MR) is 64.7 cm³/mol. The summed E-state index contributed by atoms with van der Waals surface area (Å²) in [7, 11) is 0. The van der Waals surface area contributed by atoms with Gasteiger partial charge in [-0.25, -0.2) is 4.98 Å². The minimum atomic E-state index is -0.339. The molecule has 16 heavy (non-hydrogen) atoms. The highest BCUT2D eigenvalue weighted by Gasteiger charge is 2.14. The average molecular weight is 284 g/mol. The van der Waals surface area contributed by atoms with Crippen LogP contribution in [0.5, 0.6) is 5.88 Å². The lowest BCUT2D eigenvalue weighted by Crippen LogP contribution is -2.11. The monoisotopic (exact) mass is 283 g/mol. The van der Waals surface area contributed by atoms with E-state index in [2.05, 4.69) is 32.0 Å².